The number of halogens is 1. The smallest absolute Gasteiger partial charge is 0.189 e. The Morgan fingerprint density at radius 1 is 1.23 bits per heavy atom. The summed E-state index contributed by atoms with van der Waals surface area (Å²) >= 11 is 5.99. The first-order valence-electron chi connectivity index (χ1n) is 7.00. The molecule has 0 amide bonds. The number of ketones is 1. The minimum absolute atomic E-state index is 0.0463. The van der Waals surface area contributed by atoms with Crippen molar-refractivity contribution in [1.82, 2.24) is 0 Å². The molecule has 112 valence electrons. The third-order valence-corrected chi connectivity index (χ3v) is 4.12. The minimum atomic E-state index is -0.0911. The Bertz CT molecular complexity index is 778. The van der Waals surface area contributed by atoms with Gasteiger partial charge >= 0.3 is 0 Å². The number of fused-ring (bicyclic) bond motifs is 1. The average molecular weight is 315 g/mol. The van der Waals surface area contributed by atoms with Gasteiger partial charge in [-0.1, -0.05) is 35.9 Å². The van der Waals surface area contributed by atoms with Crippen molar-refractivity contribution >= 4 is 23.5 Å². The topological polar surface area (TPSA) is 46.5 Å². The second-order valence-electron chi connectivity index (χ2n) is 5.21. The van der Waals surface area contributed by atoms with Crippen LogP contribution in [0.1, 0.15) is 27.9 Å². The highest BCUT2D eigenvalue weighted by atomic mass is 35.5. The predicted octanol–water partition coefficient (Wildman–Crippen LogP) is 4.27. The van der Waals surface area contributed by atoms with E-state index in [2.05, 4.69) is 0 Å². The van der Waals surface area contributed by atoms with Gasteiger partial charge in [-0.2, -0.15) is 0 Å². The molecule has 3 rings (SSSR count). The Morgan fingerprint density at radius 2 is 2.00 bits per heavy atom. The van der Waals surface area contributed by atoms with E-state index in [1.807, 2.05) is 30.3 Å². The highest BCUT2D eigenvalue weighted by Gasteiger charge is 2.21. The van der Waals surface area contributed by atoms with Gasteiger partial charge in [-0.15, -0.1) is 0 Å². The van der Waals surface area contributed by atoms with Crippen molar-refractivity contribution in [1.29, 1.82) is 0 Å². The lowest BCUT2D eigenvalue weighted by atomic mass is 9.86. The van der Waals surface area contributed by atoms with Gasteiger partial charge in [-0.25, -0.2) is 0 Å². The van der Waals surface area contributed by atoms with Gasteiger partial charge in [0, 0.05) is 11.1 Å². The number of benzene rings is 2. The fourth-order valence-corrected chi connectivity index (χ4v) is 2.91. The zero-order chi connectivity index (χ0) is 15.7. The zero-order valence-electron chi connectivity index (χ0n) is 12.1. The number of phenolic OH excluding ortho intramolecular Hbond substituents is 1. The van der Waals surface area contributed by atoms with Crippen LogP contribution in [-0.4, -0.2) is 18.0 Å². The highest BCUT2D eigenvalue weighted by molar-refractivity contribution is 6.32. The van der Waals surface area contributed by atoms with Crippen molar-refractivity contribution < 1.29 is 14.6 Å². The summed E-state index contributed by atoms with van der Waals surface area (Å²) in [7, 11) is 1.46. The summed E-state index contributed by atoms with van der Waals surface area (Å²) in [5, 5.41) is 9.97. The molecular weight excluding hydrogens is 300 g/mol. The number of Topliss-reactive ketones (excluding diaryl/α,β-unsaturated/α-hetero) is 1. The van der Waals surface area contributed by atoms with Crippen molar-refractivity contribution in [3.05, 3.63) is 63.7 Å². The quantitative estimate of drug-likeness (QED) is 0.842. The van der Waals surface area contributed by atoms with E-state index in [9.17, 15) is 9.90 Å². The maximum Gasteiger partial charge on any atom is 0.189 e. The Balaban J connectivity index is 2.00. The second kappa shape index (κ2) is 5.85. The molecule has 1 aliphatic rings. The van der Waals surface area contributed by atoms with E-state index in [1.165, 1.54) is 7.11 Å². The van der Waals surface area contributed by atoms with Crippen LogP contribution in [0.2, 0.25) is 5.02 Å². The molecule has 0 bridgehead atoms. The largest absolute Gasteiger partial charge is 0.503 e. The number of aromatic hydroxyl groups is 1. The third kappa shape index (κ3) is 2.60. The second-order valence-corrected chi connectivity index (χ2v) is 5.62. The molecule has 0 heterocycles. The first kappa shape index (κ1) is 14.7. The summed E-state index contributed by atoms with van der Waals surface area (Å²) in [6.45, 7) is 0. The number of aryl methyl sites for hydroxylation is 1. The number of phenols is 1. The van der Waals surface area contributed by atoms with E-state index in [1.54, 1.807) is 12.1 Å². The van der Waals surface area contributed by atoms with Crippen LogP contribution in [0.15, 0.2) is 42.0 Å². The first-order chi connectivity index (χ1) is 10.6. The van der Waals surface area contributed by atoms with E-state index in [4.69, 9.17) is 16.3 Å². The summed E-state index contributed by atoms with van der Waals surface area (Å²) in [5.74, 6) is 0.250. The molecule has 0 atom stereocenters. The maximum atomic E-state index is 12.5. The van der Waals surface area contributed by atoms with Crippen LogP contribution in [0.4, 0.5) is 0 Å². The van der Waals surface area contributed by atoms with Gasteiger partial charge in [0.1, 0.15) is 0 Å². The Morgan fingerprint density at radius 3 is 2.77 bits per heavy atom. The molecule has 1 N–H and O–H groups in total. The zero-order valence-corrected chi connectivity index (χ0v) is 12.9. The Kier molecular flexibility index (Phi) is 3.90. The SMILES string of the molecule is COc1cc(/C=C2\CCc3ccccc3C2=O)cc(Cl)c1O. The van der Waals surface area contributed by atoms with Crippen molar-refractivity contribution in [3.8, 4) is 11.5 Å². The molecule has 2 aromatic rings. The Labute approximate surface area is 133 Å². The third-order valence-electron chi connectivity index (χ3n) is 3.83. The molecule has 0 saturated heterocycles. The lowest BCUT2D eigenvalue weighted by molar-refractivity contribution is 0.102. The van der Waals surface area contributed by atoms with Crippen LogP contribution in [0.25, 0.3) is 6.08 Å². The number of methoxy groups -OCH3 is 1. The van der Waals surface area contributed by atoms with Crippen LogP contribution in [0.5, 0.6) is 11.5 Å². The molecule has 0 aromatic heterocycles. The number of carbonyl (C=O) groups is 1. The number of hydrogen-bond acceptors (Lipinski definition) is 3. The fourth-order valence-electron chi connectivity index (χ4n) is 2.69. The van der Waals surface area contributed by atoms with Crippen molar-refractivity contribution in [2.45, 2.75) is 12.8 Å². The van der Waals surface area contributed by atoms with Gasteiger partial charge in [-0.3, -0.25) is 4.79 Å². The number of rotatable bonds is 2. The summed E-state index contributed by atoms with van der Waals surface area (Å²) in [6, 6.07) is 11.0. The van der Waals surface area contributed by atoms with E-state index in [0.717, 1.165) is 28.7 Å². The maximum absolute atomic E-state index is 12.5. The van der Waals surface area contributed by atoms with E-state index in [-0.39, 0.29) is 16.6 Å². The number of carbonyl (C=O) groups excluding carboxylic acids is 1. The lowest BCUT2D eigenvalue weighted by Crippen LogP contribution is -2.13. The number of ether oxygens (including phenoxy) is 1. The molecule has 3 nitrogen and oxygen atoms in total. The normalized spacial score (nSPS) is 15.7. The number of hydrogen-bond donors (Lipinski definition) is 1. The van der Waals surface area contributed by atoms with E-state index < -0.39 is 0 Å². The van der Waals surface area contributed by atoms with Crippen LogP contribution in [0, 0.1) is 0 Å². The van der Waals surface area contributed by atoms with Gasteiger partial charge in [0.2, 0.25) is 0 Å². The fraction of sp³-hybridized carbons (Fsp3) is 0.167. The van der Waals surface area contributed by atoms with Crippen LogP contribution < -0.4 is 4.74 Å². The van der Waals surface area contributed by atoms with Crippen LogP contribution in [0.3, 0.4) is 0 Å². The molecule has 0 spiro atoms. The standard InChI is InChI=1S/C18H15ClO3/c1-22-16-10-11(9-15(19)18(16)21)8-13-7-6-12-4-2-3-5-14(12)17(13)20/h2-5,8-10,21H,6-7H2,1H3/b13-8+. The molecule has 0 aliphatic heterocycles. The molecule has 2 aromatic carbocycles. The first-order valence-corrected chi connectivity index (χ1v) is 7.37. The van der Waals surface area contributed by atoms with Gasteiger partial charge in [-0.05, 0) is 42.2 Å². The Hall–Kier alpha value is -2.26. The molecule has 0 radical (unpaired) electrons. The van der Waals surface area contributed by atoms with Gasteiger partial charge in [0.15, 0.2) is 17.3 Å². The highest BCUT2D eigenvalue weighted by Crippen LogP contribution is 2.36. The van der Waals surface area contributed by atoms with E-state index in [0.29, 0.717) is 12.2 Å². The van der Waals surface area contributed by atoms with Crippen molar-refractivity contribution in [2.75, 3.05) is 7.11 Å². The summed E-state index contributed by atoms with van der Waals surface area (Å²) in [5.41, 5.74) is 3.33. The molecule has 0 saturated carbocycles. The molecule has 0 unspecified atom stereocenters. The number of allylic oxidation sites excluding steroid dienone is 1. The molecular formula is C18H15ClO3. The van der Waals surface area contributed by atoms with Crippen LogP contribution in [-0.2, 0) is 6.42 Å². The van der Waals surface area contributed by atoms with Gasteiger partial charge in [0.05, 0.1) is 12.1 Å². The lowest BCUT2D eigenvalue weighted by Gasteiger charge is -2.17. The van der Waals surface area contributed by atoms with Crippen LogP contribution >= 0.6 is 11.6 Å². The molecule has 0 fully saturated rings. The molecule has 22 heavy (non-hydrogen) atoms. The van der Waals surface area contributed by atoms with E-state index >= 15 is 0 Å². The molecule has 4 heteroatoms. The average Bonchev–Trinajstić information content (AvgIpc) is 2.53. The van der Waals surface area contributed by atoms with Gasteiger partial charge < -0.3 is 9.84 Å². The van der Waals surface area contributed by atoms with Crippen molar-refractivity contribution in [2.24, 2.45) is 0 Å². The van der Waals surface area contributed by atoms with Gasteiger partial charge in [0.25, 0.3) is 0 Å². The summed E-state index contributed by atoms with van der Waals surface area (Å²) < 4.78 is 5.09. The summed E-state index contributed by atoms with van der Waals surface area (Å²) in [4.78, 5) is 12.5. The minimum Gasteiger partial charge on any atom is -0.503 e. The van der Waals surface area contributed by atoms with Crippen molar-refractivity contribution in [3.63, 3.8) is 0 Å². The molecule has 1 aliphatic carbocycles. The monoisotopic (exact) mass is 314 g/mol. The summed E-state index contributed by atoms with van der Waals surface area (Å²) in [6.07, 6.45) is 3.35. The predicted molar refractivity (Wildman–Crippen MR) is 86.7 cm³/mol.